The van der Waals surface area contributed by atoms with E-state index in [1.165, 1.54) is 0 Å². The average molecular weight is 367 g/mol. The van der Waals surface area contributed by atoms with Gasteiger partial charge in [-0.25, -0.2) is 0 Å². The minimum Gasteiger partial charge on any atom is -0.264 e. The lowest BCUT2D eigenvalue weighted by atomic mass is 10.1. The first-order valence-electron chi connectivity index (χ1n) is 8.60. The number of nitrogens with zero attached hydrogens (tertiary/aromatic N) is 3. The summed E-state index contributed by atoms with van der Waals surface area (Å²) in [5.41, 5.74) is 2.14. The number of allylic oxidation sites excluding steroid dienone is 1. The van der Waals surface area contributed by atoms with Crippen LogP contribution in [0.1, 0.15) is 31.7 Å². The van der Waals surface area contributed by atoms with Gasteiger partial charge in [0.2, 0.25) is 0 Å². The molecular formula is C20H21N3O2S. The van der Waals surface area contributed by atoms with Crippen LogP contribution < -0.4 is 0 Å². The molecule has 0 atom stereocenters. The minimum absolute atomic E-state index is 0.210. The Morgan fingerprint density at radius 3 is 2.62 bits per heavy atom. The van der Waals surface area contributed by atoms with Gasteiger partial charge < -0.3 is 0 Å². The summed E-state index contributed by atoms with van der Waals surface area (Å²) in [6, 6.07) is 12.0. The molecule has 5 nitrogen and oxygen atoms in total. The summed E-state index contributed by atoms with van der Waals surface area (Å²) >= 11 is 0. The Morgan fingerprint density at radius 1 is 1.12 bits per heavy atom. The highest BCUT2D eigenvalue weighted by molar-refractivity contribution is 7.89. The SMILES string of the molecule is CCCC/C=C/c1cn(S(=O)(=O)c2ccccc2)nc1-c1cccnc1. The van der Waals surface area contributed by atoms with Crippen LogP contribution >= 0.6 is 0 Å². The van der Waals surface area contributed by atoms with Crippen LogP contribution in [0.4, 0.5) is 0 Å². The van der Waals surface area contributed by atoms with Crippen molar-refractivity contribution in [3.63, 3.8) is 0 Å². The maximum absolute atomic E-state index is 12.9. The molecule has 0 saturated heterocycles. The number of pyridine rings is 1. The Hall–Kier alpha value is -2.73. The number of rotatable bonds is 7. The Morgan fingerprint density at radius 2 is 1.92 bits per heavy atom. The van der Waals surface area contributed by atoms with Crippen molar-refractivity contribution in [1.29, 1.82) is 0 Å². The molecule has 26 heavy (non-hydrogen) atoms. The van der Waals surface area contributed by atoms with Crippen molar-refractivity contribution in [1.82, 2.24) is 14.2 Å². The van der Waals surface area contributed by atoms with Crippen LogP contribution in [0.5, 0.6) is 0 Å². The van der Waals surface area contributed by atoms with E-state index in [0.29, 0.717) is 5.69 Å². The Kier molecular flexibility index (Phi) is 5.63. The number of hydrogen-bond acceptors (Lipinski definition) is 4. The van der Waals surface area contributed by atoms with Gasteiger partial charge in [-0.2, -0.15) is 17.6 Å². The number of benzene rings is 1. The van der Waals surface area contributed by atoms with Gasteiger partial charge in [0, 0.05) is 23.5 Å². The predicted octanol–water partition coefficient (Wildman–Crippen LogP) is 4.39. The lowest BCUT2D eigenvalue weighted by Crippen LogP contribution is -2.13. The van der Waals surface area contributed by atoms with Gasteiger partial charge in [-0.3, -0.25) is 4.98 Å². The Bertz CT molecular complexity index is 978. The van der Waals surface area contributed by atoms with Gasteiger partial charge in [-0.05, 0) is 30.7 Å². The average Bonchev–Trinajstić information content (AvgIpc) is 3.12. The molecule has 0 aliphatic rings. The summed E-state index contributed by atoms with van der Waals surface area (Å²) in [5, 5.41) is 4.36. The molecule has 0 bridgehead atoms. The third-order valence-corrected chi connectivity index (χ3v) is 5.51. The molecule has 0 aliphatic heterocycles. The zero-order chi connectivity index (χ0) is 18.4. The second-order valence-electron chi connectivity index (χ2n) is 5.91. The summed E-state index contributed by atoms with van der Waals surface area (Å²) in [4.78, 5) is 4.33. The zero-order valence-corrected chi connectivity index (χ0v) is 15.4. The lowest BCUT2D eigenvalue weighted by molar-refractivity contribution is 0.580. The molecule has 0 aliphatic carbocycles. The lowest BCUT2D eigenvalue weighted by Gasteiger charge is -2.03. The van der Waals surface area contributed by atoms with E-state index in [1.54, 1.807) is 48.9 Å². The summed E-state index contributed by atoms with van der Waals surface area (Å²) in [6.45, 7) is 2.14. The van der Waals surface area contributed by atoms with Gasteiger partial charge in [0.1, 0.15) is 5.69 Å². The van der Waals surface area contributed by atoms with E-state index in [-0.39, 0.29) is 4.90 Å². The maximum atomic E-state index is 12.9. The van der Waals surface area contributed by atoms with Crippen LogP contribution in [0.25, 0.3) is 17.3 Å². The van der Waals surface area contributed by atoms with E-state index < -0.39 is 10.0 Å². The topological polar surface area (TPSA) is 64.8 Å². The normalized spacial score (nSPS) is 11.9. The number of aromatic nitrogens is 3. The number of hydrogen-bond donors (Lipinski definition) is 0. The van der Waals surface area contributed by atoms with Crippen LogP contribution in [0.3, 0.4) is 0 Å². The van der Waals surface area contributed by atoms with Gasteiger partial charge >= 0.3 is 0 Å². The first-order valence-corrected chi connectivity index (χ1v) is 10.0. The molecule has 2 aromatic heterocycles. The van der Waals surface area contributed by atoms with Crippen LogP contribution in [-0.2, 0) is 10.0 Å². The van der Waals surface area contributed by atoms with Crippen molar-refractivity contribution >= 4 is 16.1 Å². The number of unbranched alkanes of at least 4 members (excludes halogenated alkanes) is 2. The molecule has 0 unspecified atom stereocenters. The van der Waals surface area contributed by atoms with Gasteiger partial charge in [0.05, 0.1) is 11.1 Å². The van der Waals surface area contributed by atoms with E-state index in [1.807, 2.05) is 18.2 Å². The van der Waals surface area contributed by atoms with Crippen molar-refractivity contribution < 1.29 is 8.42 Å². The summed E-state index contributed by atoms with van der Waals surface area (Å²) in [5.74, 6) is 0. The highest BCUT2D eigenvalue weighted by Gasteiger charge is 2.20. The second kappa shape index (κ2) is 8.10. The Labute approximate surface area is 154 Å². The molecule has 134 valence electrons. The Balaban J connectivity index is 2.05. The summed E-state index contributed by atoms with van der Waals surface area (Å²) in [6.07, 6.45) is 12.1. The predicted molar refractivity (Wildman–Crippen MR) is 103 cm³/mol. The van der Waals surface area contributed by atoms with Crippen molar-refractivity contribution in [2.75, 3.05) is 0 Å². The fourth-order valence-electron chi connectivity index (χ4n) is 2.57. The molecule has 3 rings (SSSR count). The molecular weight excluding hydrogens is 346 g/mol. The van der Waals surface area contributed by atoms with E-state index in [4.69, 9.17) is 0 Å². The fraction of sp³-hybridized carbons (Fsp3) is 0.200. The molecule has 1 aromatic carbocycles. The molecule has 0 N–H and O–H groups in total. The second-order valence-corrected chi connectivity index (χ2v) is 7.71. The summed E-state index contributed by atoms with van der Waals surface area (Å²) < 4.78 is 26.8. The fourth-order valence-corrected chi connectivity index (χ4v) is 3.73. The van der Waals surface area contributed by atoms with Crippen molar-refractivity contribution in [3.05, 3.63) is 72.7 Å². The molecule has 0 fully saturated rings. The van der Waals surface area contributed by atoms with Crippen molar-refractivity contribution in [2.24, 2.45) is 0 Å². The van der Waals surface area contributed by atoms with Gasteiger partial charge in [-0.1, -0.05) is 50.1 Å². The highest BCUT2D eigenvalue weighted by atomic mass is 32.2. The van der Waals surface area contributed by atoms with Gasteiger partial charge in [0.25, 0.3) is 10.0 Å². The van der Waals surface area contributed by atoms with Gasteiger partial charge in [-0.15, -0.1) is 0 Å². The maximum Gasteiger partial charge on any atom is 0.282 e. The van der Waals surface area contributed by atoms with E-state index in [0.717, 1.165) is 34.5 Å². The minimum atomic E-state index is -3.73. The molecule has 0 spiro atoms. The molecule has 0 radical (unpaired) electrons. The van der Waals surface area contributed by atoms with Crippen LogP contribution in [0.2, 0.25) is 0 Å². The van der Waals surface area contributed by atoms with E-state index in [2.05, 4.69) is 23.1 Å². The largest absolute Gasteiger partial charge is 0.282 e. The first-order chi connectivity index (χ1) is 12.6. The summed E-state index contributed by atoms with van der Waals surface area (Å²) in [7, 11) is -3.73. The molecule has 0 saturated carbocycles. The molecule has 0 amide bonds. The molecule has 2 heterocycles. The van der Waals surface area contributed by atoms with Gasteiger partial charge in [0.15, 0.2) is 0 Å². The first kappa shape index (κ1) is 18.1. The van der Waals surface area contributed by atoms with Crippen LogP contribution in [0.15, 0.2) is 72.0 Å². The van der Waals surface area contributed by atoms with Crippen LogP contribution in [0, 0.1) is 0 Å². The zero-order valence-electron chi connectivity index (χ0n) is 14.6. The van der Waals surface area contributed by atoms with E-state index >= 15 is 0 Å². The van der Waals surface area contributed by atoms with Crippen LogP contribution in [-0.4, -0.2) is 22.6 Å². The molecule has 3 aromatic rings. The van der Waals surface area contributed by atoms with Crippen molar-refractivity contribution in [3.8, 4) is 11.3 Å². The highest BCUT2D eigenvalue weighted by Crippen LogP contribution is 2.25. The third kappa shape index (κ3) is 3.91. The van der Waals surface area contributed by atoms with Crippen molar-refractivity contribution in [2.45, 2.75) is 31.1 Å². The quantitative estimate of drug-likeness (QED) is 0.581. The third-order valence-electron chi connectivity index (χ3n) is 3.97. The van der Waals surface area contributed by atoms with E-state index in [9.17, 15) is 8.42 Å². The smallest absolute Gasteiger partial charge is 0.264 e. The monoisotopic (exact) mass is 367 g/mol. The molecule has 6 heteroatoms. The standard InChI is InChI=1S/C20H21N3O2S/c1-2-3-4-6-10-18-16-23(22-20(18)17-11-9-14-21-15-17)26(24,25)19-12-7-5-8-13-19/h5-16H,2-4H2,1H3/b10-6+.